The average molecular weight is 351 g/mol. The van der Waals surface area contributed by atoms with Crippen LogP contribution in [0.1, 0.15) is 36.3 Å². The van der Waals surface area contributed by atoms with Crippen LogP contribution in [0.3, 0.4) is 0 Å². The van der Waals surface area contributed by atoms with Crippen LogP contribution in [0.15, 0.2) is 27.9 Å². The first-order valence-corrected chi connectivity index (χ1v) is 9.55. The van der Waals surface area contributed by atoms with E-state index in [2.05, 4.69) is 65.9 Å². The summed E-state index contributed by atoms with van der Waals surface area (Å²) >= 11 is 3.51. The van der Waals surface area contributed by atoms with Crippen molar-refractivity contribution < 1.29 is 0 Å². The Morgan fingerprint density at radius 2 is 2.13 bits per heavy atom. The normalized spacial score (nSPS) is 12.5. The zero-order valence-electron chi connectivity index (χ0n) is 14.6. The Hall–Kier alpha value is -1.40. The molecule has 0 aliphatic rings. The monoisotopic (exact) mass is 350 g/mol. The van der Waals surface area contributed by atoms with Crippen molar-refractivity contribution in [2.24, 2.45) is 4.99 Å². The quantitative estimate of drug-likeness (QED) is 0.659. The van der Waals surface area contributed by atoms with E-state index in [1.807, 2.05) is 7.05 Å². The molecule has 0 saturated heterocycles. The van der Waals surface area contributed by atoms with Gasteiger partial charge in [-0.05, 0) is 17.9 Å². The highest BCUT2D eigenvalue weighted by Gasteiger charge is 2.17. The fraction of sp³-hybridized carbons (Fsp3) is 0.529. The summed E-state index contributed by atoms with van der Waals surface area (Å²) in [5.41, 5.74) is 1.26. The van der Waals surface area contributed by atoms with E-state index >= 15 is 0 Å². The number of guanidine groups is 1. The molecule has 0 spiro atoms. The van der Waals surface area contributed by atoms with Gasteiger partial charge >= 0.3 is 0 Å². The fourth-order valence-electron chi connectivity index (χ4n) is 2.11. The summed E-state index contributed by atoms with van der Waals surface area (Å²) < 4.78 is 0. The molecule has 2 rings (SSSR count). The second-order valence-electron chi connectivity index (χ2n) is 6.53. The topological polar surface area (TPSA) is 40.5 Å². The highest BCUT2D eigenvalue weighted by molar-refractivity contribution is 7.10. The lowest BCUT2D eigenvalue weighted by molar-refractivity contribution is 0.486. The lowest BCUT2D eigenvalue weighted by Crippen LogP contribution is -2.39. The molecule has 2 heterocycles. The van der Waals surface area contributed by atoms with Gasteiger partial charge in [0.15, 0.2) is 5.96 Å². The lowest BCUT2D eigenvalue weighted by atomic mass is 9.93. The van der Waals surface area contributed by atoms with Crippen LogP contribution >= 0.6 is 22.7 Å². The SMILES string of the molecule is CN=C(NCc1nc(C(C)(C)C)cs1)N(C)CCc1cccs1. The molecular formula is C17H26N4S2. The molecule has 0 radical (unpaired) electrons. The van der Waals surface area contributed by atoms with Crippen LogP contribution in [-0.2, 0) is 18.4 Å². The third-order valence-corrected chi connectivity index (χ3v) is 5.35. The molecule has 2 aromatic rings. The molecule has 4 nitrogen and oxygen atoms in total. The number of thiophene rings is 1. The summed E-state index contributed by atoms with van der Waals surface area (Å²) in [6.07, 6.45) is 1.04. The van der Waals surface area contributed by atoms with E-state index in [0.29, 0.717) is 0 Å². The number of likely N-dealkylation sites (N-methyl/N-ethyl adjacent to an activating group) is 1. The van der Waals surface area contributed by atoms with E-state index in [0.717, 1.165) is 36.2 Å². The zero-order chi connectivity index (χ0) is 16.9. The predicted octanol–water partition coefficient (Wildman–Crippen LogP) is 3.75. The van der Waals surface area contributed by atoms with E-state index in [1.54, 1.807) is 22.7 Å². The Kier molecular flexibility index (Phi) is 6.18. The largest absolute Gasteiger partial charge is 0.350 e. The lowest BCUT2D eigenvalue weighted by Gasteiger charge is -2.21. The van der Waals surface area contributed by atoms with Crippen molar-refractivity contribution in [1.29, 1.82) is 0 Å². The van der Waals surface area contributed by atoms with Gasteiger partial charge < -0.3 is 10.2 Å². The molecule has 0 unspecified atom stereocenters. The number of rotatable bonds is 5. The summed E-state index contributed by atoms with van der Waals surface area (Å²) in [7, 11) is 3.90. The summed E-state index contributed by atoms with van der Waals surface area (Å²) in [6.45, 7) is 8.24. The number of thiazole rings is 1. The Morgan fingerprint density at radius 1 is 1.35 bits per heavy atom. The van der Waals surface area contributed by atoms with Crippen molar-refractivity contribution in [2.45, 2.75) is 39.2 Å². The summed E-state index contributed by atoms with van der Waals surface area (Å²) in [5, 5.41) is 8.78. The second kappa shape index (κ2) is 7.93. The van der Waals surface area contributed by atoms with Crippen molar-refractivity contribution in [3.8, 4) is 0 Å². The molecule has 126 valence electrons. The highest BCUT2D eigenvalue weighted by Crippen LogP contribution is 2.23. The van der Waals surface area contributed by atoms with Crippen LogP contribution in [0.5, 0.6) is 0 Å². The zero-order valence-corrected chi connectivity index (χ0v) is 16.2. The van der Waals surface area contributed by atoms with Gasteiger partial charge in [-0.3, -0.25) is 4.99 Å². The molecule has 23 heavy (non-hydrogen) atoms. The molecule has 0 bridgehead atoms. The van der Waals surface area contributed by atoms with Crippen LogP contribution in [0.25, 0.3) is 0 Å². The first kappa shape index (κ1) is 17.9. The molecule has 2 aromatic heterocycles. The highest BCUT2D eigenvalue weighted by atomic mass is 32.1. The van der Waals surface area contributed by atoms with Crippen molar-refractivity contribution in [2.75, 3.05) is 20.6 Å². The van der Waals surface area contributed by atoms with Gasteiger partial charge in [0, 0.05) is 36.3 Å². The first-order valence-electron chi connectivity index (χ1n) is 7.79. The maximum Gasteiger partial charge on any atom is 0.193 e. The molecule has 0 aliphatic heterocycles. The standard InChI is InChI=1S/C17H26N4S2/c1-17(2,3)14-12-23-15(20-14)11-19-16(18-4)21(5)9-8-13-7-6-10-22-13/h6-7,10,12H,8-9,11H2,1-5H3,(H,18,19). The van der Waals surface area contributed by atoms with Gasteiger partial charge in [-0.15, -0.1) is 22.7 Å². The van der Waals surface area contributed by atoms with Crippen LogP contribution in [0.2, 0.25) is 0 Å². The van der Waals surface area contributed by atoms with E-state index in [9.17, 15) is 0 Å². The maximum absolute atomic E-state index is 4.72. The molecule has 0 aliphatic carbocycles. The predicted molar refractivity (Wildman–Crippen MR) is 102 cm³/mol. The number of nitrogens with one attached hydrogen (secondary N) is 1. The molecule has 0 amide bonds. The second-order valence-corrected chi connectivity index (χ2v) is 8.50. The molecule has 1 N–H and O–H groups in total. The Morgan fingerprint density at radius 3 is 2.70 bits per heavy atom. The van der Waals surface area contributed by atoms with Gasteiger partial charge in [-0.1, -0.05) is 26.8 Å². The van der Waals surface area contributed by atoms with Gasteiger partial charge in [0.25, 0.3) is 0 Å². The summed E-state index contributed by atoms with van der Waals surface area (Å²) in [5.74, 6) is 0.911. The van der Waals surface area contributed by atoms with Gasteiger partial charge in [-0.2, -0.15) is 0 Å². The molecular weight excluding hydrogens is 324 g/mol. The summed E-state index contributed by atoms with van der Waals surface area (Å²) in [4.78, 5) is 12.7. The minimum Gasteiger partial charge on any atom is -0.350 e. The van der Waals surface area contributed by atoms with Crippen molar-refractivity contribution in [3.05, 3.63) is 38.5 Å². The van der Waals surface area contributed by atoms with Crippen LogP contribution in [0, 0.1) is 0 Å². The van der Waals surface area contributed by atoms with Crippen LogP contribution in [-0.4, -0.2) is 36.5 Å². The van der Waals surface area contributed by atoms with Gasteiger partial charge in [-0.25, -0.2) is 4.98 Å². The number of aliphatic imine (C=N–C) groups is 1. The van der Waals surface area contributed by atoms with Crippen LogP contribution in [0.4, 0.5) is 0 Å². The van der Waals surface area contributed by atoms with Gasteiger partial charge in [0.2, 0.25) is 0 Å². The van der Waals surface area contributed by atoms with Gasteiger partial charge in [0.05, 0.1) is 12.2 Å². The Balaban J connectivity index is 1.85. The Bertz CT molecular complexity index is 623. The first-order chi connectivity index (χ1) is 10.9. The molecule has 0 atom stereocenters. The van der Waals surface area contributed by atoms with E-state index in [1.165, 1.54) is 4.88 Å². The molecule has 6 heteroatoms. The van der Waals surface area contributed by atoms with E-state index in [-0.39, 0.29) is 5.41 Å². The van der Waals surface area contributed by atoms with Crippen molar-refractivity contribution in [1.82, 2.24) is 15.2 Å². The van der Waals surface area contributed by atoms with E-state index in [4.69, 9.17) is 4.98 Å². The third-order valence-electron chi connectivity index (χ3n) is 3.56. The number of hydrogen-bond donors (Lipinski definition) is 1. The average Bonchev–Trinajstić information content (AvgIpc) is 3.16. The maximum atomic E-state index is 4.72. The molecule has 0 aromatic carbocycles. The Labute approximate surface area is 147 Å². The van der Waals surface area contributed by atoms with E-state index < -0.39 is 0 Å². The van der Waals surface area contributed by atoms with Crippen molar-refractivity contribution in [3.63, 3.8) is 0 Å². The minimum atomic E-state index is 0.105. The summed E-state index contributed by atoms with van der Waals surface area (Å²) in [6, 6.07) is 4.28. The third kappa shape index (κ3) is 5.32. The number of aromatic nitrogens is 1. The smallest absolute Gasteiger partial charge is 0.193 e. The molecule has 0 saturated carbocycles. The number of hydrogen-bond acceptors (Lipinski definition) is 4. The molecule has 0 fully saturated rings. The number of nitrogens with zero attached hydrogens (tertiary/aromatic N) is 3. The van der Waals surface area contributed by atoms with Crippen molar-refractivity contribution >= 4 is 28.6 Å². The van der Waals surface area contributed by atoms with Gasteiger partial charge in [0.1, 0.15) is 5.01 Å². The fourth-order valence-corrected chi connectivity index (χ4v) is 3.77. The van der Waals surface area contributed by atoms with Crippen LogP contribution < -0.4 is 5.32 Å². The minimum absolute atomic E-state index is 0.105.